The fourth-order valence-electron chi connectivity index (χ4n) is 2.36. The highest BCUT2D eigenvalue weighted by molar-refractivity contribution is 8.01. The van der Waals surface area contributed by atoms with Crippen molar-refractivity contribution >= 4 is 50.1 Å². The van der Waals surface area contributed by atoms with Crippen molar-refractivity contribution in [1.29, 1.82) is 0 Å². The van der Waals surface area contributed by atoms with Gasteiger partial charge in [-0.25, -0.2) is 12.8 Å². The van der Waals surface area contributed by atoms with Gasteiger partial charge in [0.25, 0.3) is 5.91 Å². The first-order valence-electron chi connectivity index (χ1n) is 8.95. The number of amides is 1. The van der Waals surface area contributed by atoms with Crippen molar-refractivity contribution in [2.45, 2.75) is 30.0 Å². The van der Waals surface area contributed by atoms with Gasteiger partial charge in [-0.15, -0.1) is 10.2 Å². The average Bonchev–Trinajstić information content (AvgIpc) is 3.14. The lowest BCUT2D eigenvalue weighted by atomic mass is 10.2. The SMILES string of the molecule is CCOC(=O)CSc1nnc(NC(=O)c2ccc(F)c(S(=O)(=O)N(CC)CC)c2)s1. The van der Waals surface area contributed by atoms with Crippen LogP contribution in [0, 0.1) is 5.82 Å². The number of nitrogens with zero attached hydrogens (tertiary/aromatic N) is 3. The zero-order chi connectivity index (χ0) is 22.3. The molecule has 0 unspecified atom stereocenters. The molecular weight excluding hydrogens is 455 g/mol. The summed E-state index contributed by atoms with van der Waals surface area (Å²) in [6.45, 7) is 5.61. The van der Waals surface area contributed by atoms with Gasteiger partial charge in [-0.3, -0.25) is 14.9 Å². The van der Waals surface area contributed by atoms with Crippen molar-refractivity contribution in [3.63, 3.8) is 0 Å². The second-order valence-electron chi connectivity index (χ2n) is 5.66. The first-order valence-corrected chi connectivity index (χ1v) is 12.2. The minimum absolute atomic E-state index is 0.0435. The zero-order valence-corrected chi connectivity index (χ0v) is 19.0. The van der Waals surface area contributed by atoms with E-state index in [1.54, 1.807) is 20.8 Å². The molecule has 1 aromatic carbocycles. The van der Waals surface area contributed by atoms with Crippen LogP contribution in [0.5, 0.6) is 0 Å². The molecule has 2 rings (SSSR count). The predicted octanol–water partition coefficient (Wildman–Crippen LogP) is 2.62. The first kappa shape index (κ1) is 24.2. The van der Waals surface area contributed by atoms with Crippen LogP contribution >= 0.6 is 23.1 Å². The number of nitrogens with one attached hydrogen (secondary N) is 1. The van der Waals surface area contributed by atoms with E-state index in [0.717, 1.165) is 39.5 Å². The van der Waals surface area contributed by atoms with Crippen molar-refractivity contribution in [1.82, 2.24) is 14.5 Å². The standard InChI is InChI=1S/C17H21FN4O5S3/c1-4-22(5-2)30(25,26)13-9-11(7-8-12(13)18)15(24)19-16-20-21-17(29-16)28-10-14(23)27-6-3/h7-9H,4-6,10H2,1-3H3,(H,19,20,24). The van der Waals surface area contributed by atoms with E-state index in [1.807, 2.05) is 0 Å². The third-order valence-corrected chi connectivity index (χ3v) is 7.77. The van der Waals surface area contributed by atoms with Gasteiger partial charge in [-0.1, -0.05) is 36.9 Å². The molecule has 0 saturated heterocycles. The van der Waals surface area contributed by atoms with Crippen LogP contribution in [0.2, 0.25) is 0 Å². The van der Waals surface area contributed by atoms with Crippen LogP contribution in [-0.4, -0.2) is 60.2 Å². The number of esters is 1. The number of carbonyl (C=O) groups is 2. The molecule has 0 aliphatic rings. The summed E-state index contributed by atoms with van der Waals surface area (Å²) in [4.78, 5) is 23.3. The second kappa shape index (κ2) is 10.8. The fourth-order valence-corrected chi connectivity index (χ4v) is 5.45. The third-order valence-electron chi connectivity index (χ3n) is 3.76. The van der Waals surface area contributed by atoms with Crippen LogP contribution in [0.4, 0.5) is 9.52 Å². The maximum atomic E-state index is 14.2. The summed E-state index contributed by atoms with van der Waals surface area (Å²) >= 11 is 2.15. The van der Waals surface area contributed by atoms with E-state index in [-0.39, 0.29) is 36.1 Å². The number of benzene rings is 1. The Hall–Kier alpha value is -2.09. The molecule has 1 amide bonds. The minimum atomic E-state index is -4.07. The summed E-state index contributed by atoms with van der Waals surface area (Å²) in [5.74, 6) is -1.94. The summed E-state index contributed by atoms with van der Waals surface area (Å²) in [6.07, 6.45) is 0. The summed E-state index contributed by atoms with van der Waals surface area (Å²) < 4.78 is 45.8. The van der Waals surface area contributed by atoms with Gasteiger partial charge in [0.2, 0.25) is 15.2 Å². The largest absolute Gasteiger partial charge is 0.465 e. The van der Waals surface area contributed by atoms with Crippen LogP contribution in [-0.2, 0) is 19.6 Å². The number of halogens is 1. The maximum Gasteiger partial charge on any atom is 0.316 e. The quantitative estimate of drug-likeness (QED) is 0.316. The highest BCUT2D eigenvalue weighted by Gasteiger charge is 2.26. The van der Waals surface area contributed by atoms with Crippen molar-refractivity contribution in [3.05, 3.63) is 29.6 Å². The van der Waals surface area contributed by atoms with Crippen LogP contribution in [0.25, 0.3) is 0 Å². The Morgan fingerprint density at radius 1 is 1.23 bits per heavy atom. The monoisotopic (exact) mass is 476 g/mol. The van der Waals surface area contributed by atoms with Gasteiger partial charge < -0.3 is 4.74 Å². The van der Waals surface area contributed by atoms with Crippen molar-refractivity contribution in [2.24, 2.45) is 0 Å². The number of sulfonamides is 1. The number of carbonyl (C=O) groups excluding carboxylic acids is 2. The Bertz CT molecular complexity index is 1010. The van der Waals surface area contributed by atoms with Gasteiger partial charge in [0.1, 0.15) is 10.7 Å². The molecule has 0 aliphatic heterocycles. The number of aromatic nitrogens is 2. The van der Waals surface area contributed by atoms with Crippen LogP contribution in [0.3, 0.4) is 0 Å². The molecule has 2 aromatic rings. The number of ether oxygens (including phenoxy) is 1. The van der Waals surface area contributed by atoms with E-state index in [2.05, 4.69) is 15.5 Å². The average molecular weight is 477 g/mol. The molecule has 0 fully saturated rings. The maximum absolute atomic E-state index is 14.2. The van der Waals surface area contributed by atoms with Crippen LogP contribution in [0.15, 0.2) is 27.4 Å². The summed E-state index contributed by atoms with van der Waals surface area (Å²) in [5, 5.41) is 10.3. The van der Waals surface area contributed by atoms with Crippen LogP contribution < -0.4 is 5.32 Å². The minimum Gasteiger partial charge on any atom is -0.465 e. The number of hydrogen-bond donors (Lipinski definition) is 1. The molecule has 1 aromatic heterocycles. The topological polar surface area (TPSA) is 119 Å². The number of hydrogen-bond acceptors (Lipinski definition) is 9. The van der Waals surface area contributed by atoms with E-state index < -0.39 is 32.6 Å². The smallest absolute Gasteiger partial charge is 0.316 e. The Balaban J connectivity index is 2.14. The van der Waals surface area contributed by atoms with E-state index in [1.165, 1.54) is 6.07 Å². The van der Waals surface area contributed by atoms with Crippen molar-refractivity contribution in [3.8, 4) is 0 Å². The van der Waals surface area contributed by atoms with E-state index in [0.29, 0.717) is 4.34 Å². The molecular formula is C17H21FN4O5S3. The fraction of sp³-hybridized carbons (Fsp3) is 0.412. The second-order valence-corrected chi connectivity index (χ2v) is 9.76. The zero-order valence-electron chi connectivity index (χ0n) is 16.5. The third kappa shape index (κ3) is 5.97. The Morgan fingerprint density at radius 2 is 1.93 bits per heavy atom. The van der Waals surface area contributed by atoms with E-state index in [9.17, 15) is 22.4 Å². The van der Waals surface area contributed by atoms with E-state index >= 15 is 0 Å². The Labute approximate surface area is 182 Å². The van der Waals surface area contributed by atoms with Crippen molar-refractivity contribution in [2.75, 3.05) is 30.8 Å². The van der Waals surface area contributed by atoms with E-state index in [4.69, 9.17) is 4.74 Å². The lowest BCUT2D eigenvalue weighted by Gasteiger charge is -2.19. The normalized spacial score (nSPS) is 11.5. The lowest BCUT2D eigenvalue weighted by Crippen LogP contribution is -2.31. The molecule has 0 aliphatic carbocycles. The Kier molecular flexibility index (Phi) is 8.70. The molecule has 164 valence electrons. The number of rotatable bonds is 10. The van der Waals surface area contributed by atoms with Gasteiger partial charge >= 0.3 is 5.97 Å². The lowest BCUT2D eigenvalue weighted by molar-refractivity contribution is -0.139. The number of anilines is 1. The highest BCUT2D eigenvalue weighted by atomic mass is 32.2. The summed E-state index contributed by atoms with van der Waals surface area (Å²) in [6, 6.07) is 3.12. The summed E-state index contributed by atoms with van der Waals surface area (Å²) in [5.41, 5.74) is -0.0435. The molecule has 0 atom stereocenters. The molecule has 9 nitrogen and oxygen atoms in total. The first-order chi connectivity index (χ1) is 14.2. The predicted molar refractivity (Wildman–Crippen MR) is 112 cm³/mol. The van der Waals surface area contributed by atoms with Crippen molar-refractivity contribution < 1.29 is 27.1 Å². The van der Waals surface area contributed by atoms with Crippen LogP contribution in [0.1, 0.15) is 31.1 Å². The van der Waals surface area contributed by atoms with Gasteiger partial charge in [0.05, 0.1) is 12.4 Å². The van der Waals surface area contributed by atoms with Gasteiger partial charge in [-0.05, 0) is 25.1 Å². The van der Waals surface area contributed by atoms with Gasteiger partial charge in [-0.2, -0.15) is 4.31 Å². The molecule has 1 N–H and O–H groups in total. The molecule has 1 heterocycles. The molecule has 0 radical (unpaired) electrons. The van der Waals surface area contributed by atoms with Gasteiger partial charge in [0, 0.05) is 18.7 Å². The molecule has 30 heavy (non-hydrogen) atoms. The number of thioether (sulfide) groups is 1. The summed E-state index contributed by atoms with van der Waals surface area (Å²) in [7, 11) is -4.07. The van der Waals surface area contributed by atoms with Gasteiger partial charge in [0.15, 0.2) is 4.34 Å². The highest BCUT2D eigenvalue weighted by Crippen LogP contribution is 2.26. The molecule has 0 bridgehead atoms. The molecule has 0 saturated carbocycles. The molecule has 0 spiro atoms. The Morgan fingerprint density at radius 3 is 2.57 bits per heavy atom. The molecule has 13 heteroatoms.